The molecule has 0 aliphatic carbocycles. The van der Waals surface area contributed by atoms with Crippen molar-refractivity contribution in [1.29, 1.82) is 0 Å². The van der Waals surface area contributed by atoms with E-state index in [1.807, 2.05) is 12.1 Å². The summed E-state index contributed by atoms with van der Waals surface area (Å²) in [5.41, 5.74) is 0.927. The second kappa shape index (κ2) is 10.6. The van der Waals surface area contributed by atoms with Gasteiger partial charge in [0.25, 0.3) is 5.91 Å². The van der Waals surface area contributed by atoms with Crippen molar-refractivity contribution in [2.45, 2.75) is 19.4 Å². The Hall–Kier alpha value is -3.42. The molecule has 2 N–H and O–H groups in total. The number of hydrogen-bond acceptors (Lipinski definition) is 4. The molecule has 0 aromatic heterocycles. The van der Waals surface area contributed by atoms with Crippen molar-refractivity contribution in [1.82, 2.24) is 15.5 Å². The Balaban J connectivity index is 1.38. The second-order valence-electron chi connectivity index (χ2n) is 7.46. The van der Waals surface area contributed by atoms with Crippen LogP contribution in [0.25, 0.3) is 0 Å². The van der Waals surface area contributed by atoms with Gasteiger partial charge in [-0.3, -0.25) is 14.4 Å². The van der Waals surface area contributed by atoms with E-state index in [1.54, 1.807) is 36.3 Å². The molecule has 1 heterocycles. The normalized spacial score (nSPS) is 14.1. The molecule has 2 aromatic rings. The van der Waals surface area contributed by atoms with Crippen LogP contribution in [0.4, 0.5) is 4.39 Å². The number of likely N-dealkylation sites (tertiary alicyclic amines) is 1. The van der Waals surface area contributed by atoms with Gasteiger partial charge in [0.05, 0.1) is 12.7 Å². The molecular weight excluding hydrogens is 401 g/mol. The fraction of sp³-hybridized carbons (Fsp3) is 0.348. The van der Waals surface area contributed by atoms with Crippen molar-refractivity contribution in [3.8, 4) is 5.75 Å². The van der Waals surface area contributed by atoms with Crippen LogP contribution in [0.3, 0.4) is 0 Å². The van der Waals surface area contributed by atoms with Gasteiger partial charge >= 0.3 is 11.8 Å². The van der Waals surface area contributed by atoms with E-state index in [-0.39, 0.29) is 23.9 Å². The van der Waals surface area contributed by atoms with Crippen molar-refractivity contribution in [2.75, 3.05) is 26.7 Å². The van der Waals surface area contributed by atoms with E-state index in [2.05, 4.69) is 10.6 Å². The number of carbonyl (C=O) groups excluding carboxylic acids is 3. The summed E-state index contributed by atoms with van der Waals surface area (Å²) in [7, 11) is 1.58. The summed E-state index contributed by atoms with van der Waals surface area (Å²) in [5, 5.41) is 5.25. The van der Waals surface area contributed by atoms with Gasteiger partial charge in [-0.2, -0.15) is 0 Å². The van der Waals surface area contributed by atoms with Crippen molar-refractivity contribution in [3.63, 3.8) is 0 Å². The summed E-state index contributed by atoms with van der Waals surface area (Å²) in [6, 6.07) is 13.1. The standard InChI is InChI=1S/C23H26FN3O4/c1-31-18-8-6-16(7-9-18)14-25-21(28)22(29)26-15-17-10-12-27(13-11-17)23(30)19-4-2-3-5-20(19)24/h2-9,17H,10-15H2,1H3,(H,25,28)(H,26,29). The molecule has 0 radical (unpaired) electrons. The molecule has 0 unspecified atom stereocenters. The maximum absolute atomic E-state index is 13.8. The number of methoxy groups -OCH3 is 1. The maximum atomic E-state index is 13.8. The lowest BCUT2D eigenvalue weighted by atomic mass is 9.96. The van der Waals surface area contributed by atoms with E-state index in [9.17, 15) is 18.8 Å². The van der Waals surface area contributed by atoms with Crippen LogP contribution in [0.5, 0.6) is 5.75 Å². The molecular formula is C23H26FN3O4. The van der Waals surface area contributed by atoms with Gasteiger partial charge in [-0.05, 0) is 48.6 Å². The first-order valence-corrected chi connectivity index (χ1v) is 10.2. The van der Waals surface area contributed by atoms with Crippen LogP contribution < -0.4 is 15.4 Å². The molecule has 3 rings (SSSR count). The van der Waals surface area contributed by atoms with Crippen LogP contribution in [0, 0.1) is 11.7 Å². The fourth-order valence-electron chi connectivity index (χ4n) is 3.47. The Labute approximate surface area is 180 Å². The minimum absolute atomic E-state index is 0.0720. The highest BCUT2D eigenvalue weighted by Gasteiger charge is 2.26. The molecule has 1 saturated heterocycles. The van der Waals surface area contributed by atoms with Crippen molar-refractivity contribution in [3.05, 3.63) is 65.5 Å². The third kappa shape index (κ3) is 6.04. The molecule has 2 aromatic carbocycles. The summed E-state index contributed by atoms with van der Waals surface area (Å²) in [6.45, 7) is 1.57. The van der Waals surface area contributed by atoms with Gasteiger partial charge in [0.1, 0.15) is 11.6 Å². The number of piperidine rings is 1. The van der Waals surface area contributed by atoms with Crippen LogP contribution in [0.1, 0.15) is 28.8 Å². The lowest BCUT2D eigenvalue weighted by Crippen LogP contribution is -2.44. The Kier molecular flexibility index (Phi) is 7.59. The highest BCUT2D eigenvalue weighted by atomic mass is 19.1. The zero-order chi connectivity index (χ0) is 22.2. The minimum atomic E-state index is -0.692. The van der Waals surface area contributed by atoms with E-state index < -0.39 is 17.6 Å². The first-order chi connectivity index (χ1) is 15.0. The predicted molar refractivity (Wildman–Crippen MR) is 113 cm³/mol. The fourth-order valence-corrected chi connectivity index (χ4v) is 3.47. The van der Waals surface area contributed by atoms with Crippen LogP contribution in [0.2, 0.25) is 0 Å². The van der Waals surface area contributed by atoms with Gasteiger partial charge in [0, 0.05) is 26.2 Å². The third-order valence-electron chi connectivity index (χ3n) is 5.38. The van der Waals surface area contributed by atoms with E-state index >= 15 is 0 Å². The van der Waals surface area contributed by atoms with Gasteiger partial charge in [-0.15, -0.1) is 0 Å². The van der Waals surface area contributed by atoms with E-state index in [1.165, 1.54) is 12.1 Å². The number of amides is 3. The Bertz CT molecular complexity index is 925. The number of carbonyl (C=O) groups is 3. The number of ether oxygens (including phenoxy) is 1. The largest absolute Gasteiger partial charge is 0.497 e. The lowest BCUT2D eigenvalue weighted by molar-refractivity contribution is -0.139. The number of rotatable bonds is 6. The van der Waals surface area contributed by atoms with Crippen molar-refractivity contribution < 1.29 is 23.5 Å². The molecule has 3 amide bonds. The monoisotopic (exact) mass is 427 g/mol. The molecule has 1 aliphatic heterocycles. The average molecular weight is 427 g/mol. The van der Waals surface area contributed by atoms with Crippen LogP contribution in [-0.2, 0) is 16.1 Å². The molecule has 8 heteroatoms. The van der Waals surface area contributed by atoms with Crippen LogP contribution >= 0.6 is 0 Å². The van der Waals surface area contributed by atoms with Gasteiger partial charge in [-0.1, -0.05) is 24.3 Å². The summed E-state index contributed by atoms with van der Waals surface area (Å²) in [5.74, 6) is -1.35. The topological polar surface area (TPSA) is 87.7 Å². The molecule has 0 bridgehead atoms. The molecule has 31 heavy (non-hydrogen) atoms. The van der Waals surface area contributed by atoms with E-state index in [4.69, 9.17) is 4.74 Å². The number of halogens is 1. The summed E-state index contributed by atoms with van der Waals surface area (Å²) in [6.07, 6.45) is 1.35. The predicted octanol–water partition coefficient (Wildman–Crippen LogP) is 2.12. The molecule has 0 atom stereocenters. The molecule has 164 valence electrons. The van der Waals surface area contributed by atoms with Crippen LogP contribution in [0.15, 0.2) is 48.5 Å². The first-order valence-electron chi connectivity index (χ1n) is 10.2. The van der Waals surface area contributed by atoms with Crippen molar-refractivity contribution in [2.24, 2.45) is 5.92 Å². The minimum Gasteiger partial charge on any atom is -0.497 e. The third-order valence-corrected chi connectivity index (χ3v) is 5.38. The quantitative estimate of drug-likeness (QED) is 0.692. The highest BCUT2D eigenvalue weighted by molar-refractivity contribution is 6.35. The maximum Gasteiger partial charge on any atom is 0.309 e. The Morgan fingerprint density at radius 2 is 1.65 bits per heavy atom. The van der Waals surface area contributed by atoms with E-state index in [0.717, 1.165) is 11.3 Å². The Morgan fingerprint density at radius 3 is 2.29 bits per heavy atom. The molecule has 1 fully saturated rings. The summed E-state index contributed by atoms with van der Waals surface area (Å²) in [4.78, 5) is 38.1. The SMILES string of the molecule is COc1ccc(CNC(=O)C(=O)NCC2CCN(C(=O)c3ccccc3F)CC2)cc1. The number of nitrogens with one attached hydrogen (secondary N) is 2. The average Bonchev–Trinajstić information content (AvgIpc) is 2.81. The summed E-state index contributed by atoms with van der Waals surface area (Å²) >= 11 is 0. The van der Waals surface area contributed by atoms with Gasteiger partial charge in [0.2, 0.25) is 0 Å². The molecule has 0 saturated carbocycles. The number of benzene rings is 2. The van der Waals surface area contributed by atoms with Gasteiger partial charge in [0.15, 0.2) is 0 Å². The summed E-state index contributed by atoms with van der Waals surface area (Å²) < 4.78 is 18.9. The first kappa shape index (κ1) is 22.3. The molecule has 1 aliphatic rings. The zero-order valence-electron chi connectivity index (χ0n) is 17.4. The number of nitrogens with zero attached hydrogens (tertiary/aromatic N) is 1. The van der Waals surface area contributed by atoms with Crippen molar-refractivity contribution >= 4 is 17.7 Å². The Morgan fingerprint density at radius 1 is 1.00 bits per heavy atom. The lowest BCUT2D eigenvalue weighted by Gasteiger charge is -2.32. The smallest absolute Gasteiger partial charge is 0.309 e. The van der Waals surface area contributed by atoms with Gasteiger partial charge < -0.3 is 20.3 Å². The van der Waals surface area contributed by atoms with Crippen LogP contribution in [-0.4, -0.2) is 49.4 Å². The number of hydrogen-bond donors (Lipinski definition) is 2. The zero-order valence-corrected chi connectivity index (χ0v) is 17.4. The second-order valence-corrected chi connectivity index (χ2v) is 7.46. The molecule has 7 nitrogen and oxygen atoms in total. The molecule has 0 spiro atoms. The van der Waals surface area contributed by atoms with Gasteiger partial charge in [-0.25, -0.2) is 4.39 Å². The highest BCUT2D eigenvalue weighted by Crippen LogP contribution is 2.19. The van der Waals surface area contributed by atoms with E-state index in [0.29, 0.717) is 32.5 Å².